The van der Waals surface area contributed by atoms with Crippen LogP contribution in [0.25, 0.3) is 0 Å². The summed E-state index contributed by atoms with van der Waals surface area (Å²) >= 11 is 5.64. The molecule has 0 aromatic heterocycles. The Morgan fingerprint density at radius 3 is 2.25 bits per heavy atom. The van der Waals surface area contributed by atoms with Crippen LogP contribution in [0, 0.1) is 5.92 Å². The van der Waals surface area contributed by atoms with E-state index in [-0.39, 0.29) is 0 Å². The molecule has 0 saturated heterocycles. The molecule has 0 rings (SSSR count). The highest BCUT2D eigenvalue weighted by molar-refractivity contribution is 6.18. The summed E-state index contributed by atoms with van der Waals surface area (Å²) in [6.45, 7) is 8.99. The minimum atomic E-state index is 0.642. The second-order valence-electron chi connectivity index (χ2n) is 5.08. The Morgan fingerprint density at radius 2 is 1.69 bits per heavy atom. The second-order valence-corrected chi connectivity index (χ2v) is 5.39. The minimum Gasteiger partial charge on any atom is -0.122 e. The molecule has 0 heterocycles. The molecule has 0 saturated carbocycles. The van der Waals surface area contributed by atoms with Gasteiger partial charge >= 0.3 is 0 Å². The molecule has 16 heavy (non-hydrogen) atoms. The molecule has 0 aromatic carbocycles. The summed E-state index contributed by atoms with van der Waals surface area (Å²) in [5.74, 6) is 1.48. The fourth-order valence-corrected chi connectivity index (χ4v) is 1.93. The van der Waals surface area contributed by atoms with Crippen molar-refractivity contribution in [1.82, 2.24) is 0 Å². The maximum atomic E-state index is 5.64. The van der Waals surface area contributed by atoms with E-state index in [4.69, 9.17) is 11.6 Å². The first kappa shape index (κ1) is 15.8. The van der Waals surface area contributed by atoms with Crippen molar-refractivity contribution < 1.29 is 0 Å². The van der Waals surface area contributed by atoms with E-state index in [0.29, 0.717) is 5.88 Å². The van der Waals surface area contributed by atoms with Gasteiger partial charge in [0.15, 0.2) is 0 Å². The van der Waals surface area contributed by atoms with Crippen LogP contribution in [0.5, 0.6) is 0 Å². The average molecular weight is 243 g/mol. The molecular weight excluding hydrogens is 216 g/mol. The summed E-state index contributed by atoms with van der Waals surface area (Å²) in [6.07, 6.45) is 10.7. The Kier molecular flexibility index (Phi) is 9.82. The fraction of sp³-hybridized carbons (Fsp3) is 0.733. The van der Waals surface area contributed by atoms with Gasteiger partial charge in [-0.1, -0.05) is 43.6 Å². The lowest BCUT2D eigenvalue weighted by molar-refractivity contribution is 0.554. The van der Waals surface area contributed by atoms with Gasteiger partial charge < -0.3 is 0 Å². The van der Waals surface area contributed by atoms with Gasteiger partial charge in [0.05, 0.1) is 0 Å². The van der Waals surface area contributed by atoms with Crippen molar-refractivity contribution in [3.05, 3.63) is 23.3 Å². The smallest absolute Gasteiger partial charge is 0.0406 e. The van der Waals surface area contributed by atoms with Crippen molar-refractivity contribution in [2.24, 2.45) is 5.92 Å². The van der Waals surface area contributed by atoms with Gasteiger partial charge in [-0.2, -0.15) is 0 Å². The van der Waals surface area contributed by atoms with Crippen LogP contribution < -0.4 is 0 Å². The van der Waals surface area contributed by atoms with E-state index < -0.39 is 0 Å². The highest BCUT2D eigenvalue weighted by Crippen LogP contribution is 2.13. The van der Waals surface area contributed by atoms with Crippen LogP contribution >= 0.6 is 11.6 Å². The highest BCUT2D eigenvalue weighted by Gasteiger charge is 1.95. The summed E-state index contributed by atoms with van der Waals surface area (Å²) in [5, 5.41) is 0. The third kappa shape index (κ3) is 10.3. The first-order valence-electron chi connectivity index (χ1n) is 6.43. The maximum Gasteiger partial charge on any atom is 0.0406 e. The molecule has 0 fully saturated rings. The normalized spacial score (nSPS) is 13.6. The molecule has 0 aliphatic heterocycles. The van der Waals surface area contributed by atoms with Crippen molar-refractivity contribution in [3.8, 4) is 0 Å². The lowest BCUT2D eigenvalue weighted by atomic mass is 10.0. The molecule has 0 unspecified atom stereocenters. The molecule has 0 nitrogen and oxygen atoms in total. The van der Waals surface area contributed by atoms with Gasteiger partial charge in [0.1, 0.15) is 0 Å². The average Bonchev–Trinajstić information content (AvgIpc) is 2.17. The number of halogens is 1. The number of alkyl halides is 1. The van der Waals surface area contributed by atoms with Gasteiger partial charge in [0.2, 0.25) is 0 Å². The zero-order valence-electron chi connectivity index (χ0n) is 11.4. The number of hydrogen-bond acceptors (Lipinski definition) is 0. The number of hydrogen-bond donors (Lipinski definition) is 0. The minimum absolute atomic E-state index is 0.642. The quantitative estimate of drug-likeness (QED) is 0.377. The largest absolute Gasteiger partial charge is 0.122 e. The van der Waals surface area contributed by atoms with E-state index in [1.807, 2.05) is 0 Å². The summed E-state index contributed by atoms with van der Waals surface area (Å²) in [5.41, 5.74) is 2.94. The van der Waals surface area contributed by atoms with Crippen molar-refractivity contribution in [2.45, 2.75) is 59.8 Å². The van der Waals surface area contributed by atoms with Crippen molar-refractivity contribution in [2.75, 3.05) is 5.88 Å². The summed E-state index contributed by atoms with van der Waals surface area (Å²) < 4.78 is 0. The van der Waals surface area contributed by atoms with E-state index in [1.165, 1.54) is 24.8 Å². The molecule has 0 aromatic rings. The molecule has 94 valence electrons. The molecule has 0 aliphatic rings. The van der Waals surface area contributed by atoms with Crippen LogP contribution in [0.4, 0.5) is 0 Å². The Labute approximate surface area is 107 Å². The first-order valence-corrected chi connectivity index (χ1v) is 6.97. The molecule has 0 radical (unpaired) electrons. The van der Waals surface area contributed by atoms with Crippen LogP contribution in [-0.2, 0) is 0 Å². The molecule has 0 bridgehead atoms. The lowest BCUT2D eigenvalue weighted by Gasteiger charge is -2.05. The Balaban J connectivity index is 3.66. The molecule has 0 amide bonds. The van der Waals surface area contributed by atoms with E-state index >= 15 is 0 Å². The molecule has 0 N–H and O–H groups in total. The van der Waals surface area contributed by atoms with Crippen molar-refractivity contribution in [1.29, 1.82) is 0 Å². The van der Waals surface area contributed by atoms with Crippen molar-refractivity contribution >= 4 is 11.6 Å². The van der Waals surface area contributed by atoms with Crippen LogP contribution in [0.3, 0.4) is 0 Å². The van der Waals surface area contributed by atoms with Gasteiger partial charge in [0.25, 0.3) is 0 Å². The highest BCUT2D eigenvalue weighted by atomic mass is 35.5. The first-order chi connectivity index (χ1) is 7.56. The summed E-state index contributed by atoms with van der Waals surface area (Å²) in [4.78, 5) is 0. The van der Waals surface area contributed by atoms with Gasteiger partial charge in [-0.25, -0.2) is 0 Å². The molecule has 0 aliphatic carbocycles. The zero-order valence-corrected chi connectivity index (χ0v) is 12.1. The van der Waals surface area contributed by atoms with Gasteiger partial charge in [-0.3, -0.25) is 0 Å². The van der Waals surface area contributed by atoms with Gasteiger partial charge in [0, 0.05) is 5.88 Å². The summed E-state index contributed by atoms with van der Waals surface area (Å²) in [6, 6.07) is 0. The Hall–Kier alpha value is -0.230. The molecular formula is C15H27Cl. The predicted molar refractivity (Wildman–Crippen MR) is 76.2 cm³/mol. The SMILES string of the molecule is C/C(=C\CCl)CC/C=C(\C)CCCC(C)C. The third-order valence-electron chi connectivity index (χ3n) is 2.81. The van der Waals surface area contributed by atoms with Crippen LogP contribution in [-0.4, -0.2) is 5.88 Å². The number of allylic oxidation sites excluding steroid dienone is 4. The van der Waals surface area contributed by atoms with Crippen LogP contribution in [0.2, 0.25) is 0 Å². The Bertz CT molecular complexity index is 224. The topological polar surface area (TPSA) is 0 Å². The second kappa shape index (κ2) is 9.96. The lowest BCUT2D eigenvalue weighted by Crippen LogP contribution is -1.87. The zero-order chi connectivity index (χ0) is 12.4. The molecule has 0 atom stereocenters. The van der Waals surface area contributed by atoms with Crippen LogP contribution in [0.1, 0.15) is 59.8 Å². The molecule has 0 spiro atoms. The molecule has 1 heteroatoms. The maximum absolute atomic E-state index is 5.64. The third-order valence-corrected chi connectivity index (χ3v) is 2.96. The van der Waals surface area contributed by atoms with E-state index in [1.54, 1.807) is 5.57 Å². The van der Waals surface area contributed by atoms with Gasteiger partial charge in [-0.15, -0.1) is 11.6 Å². The Morgan fingerprint density at radius 1 is 1.06 bits per heavy atom. The summed E-state index contributed by atoms with van der Waals surface area (Å²) in [7, 11) is 0. The predicted octanol–water partition coefficient (Wildman–Crippen LogP) is 5.72. The van der Waals surface area contributed by atoms with Crippen LogP contribution in [0.15, 0.2) is 23.3 Å². The standard InChI is InChI=1S/C15H27Cl/c1-13(2)7-5-8-14(3)9-6-10-15(4)11-12-16/h9,11,13H,5-8,10,12H2,1-4H3/b14-9+,15-11+. The van der Waals surface area contributed by atoms with E-state index in [2.05, 4.69) is 39.8 Å². The van der Waals surface area contributed by atoms with E-state index in [9.17, 15) is 0 Å². The van der Waals surface area contributed by atoms with Crippen molar-refractivity contribution in [3.63, 3.8) is 0 Å². The van der Waals surface area contributed by atoms with Gasteiger partial charge in [-0.05, 0) is 45.4 Å². The number of rotatable bonds is 8. The monoisotopic (exact) mass is 242 g/mol. The fourth-order valence-electron chi connectivity index (χ4n) is 1.67. The van der Waals surface area contributed by atoms with E-state index in [0.717, 1.165) is 18.8 Å².